The van der Waals surface area contributed by atoms with Crippen LogP contribution in [-0.2, 0) is 14.3 Å². The third kappa shape index (κ3) is 6.73. The highest BCUT2D eigenvalue weighted by molar-refractivity contribution is 7.10. The zero-order valence-corrected chi connectivity index (χ0v) is 23.7. The predicted molar refractivity (Wildman–Crippen MR) is 157 cm³/mol. The molecule has 1 aromatic heterocycles. The second kappa shape index (κ2) is 12.7. The van der Waals surface area contributed by atoms with Crippen LogP contribution in [0, 0.1) is 12.8 Å². The summed E-state index contributed by atoms with van der Waals surface area (Å²) in [5.41, 5.74) is 6.32. The van der Waals surface area contributed by atoms with Crippen molar-refractivity contribution >= 4 is 29.3 Å². The summed E-state index contributed by atoms with van der Waals surface area (Å²) >= 11 is 1.34. The van der Waals surface area contributed by atoms with Gasteiger partial charge in [-0.05, 0) is 66.0 Å². The van der Waals surface area contributed by atoms with Gasteiger partial charge in [-0.2, -0.15) is 4.37 Å². The van der Waals surface area contributed by atoms with E-state index in [0.717, 1.165) is 38.4 Å². The fraction of sp³-hybridized carbons (Fsp3) is 0.281. The molecule has 1 unspecified atom stereocenters. The first kappa shape index (κ1) is 28.0. The smallest absolute Gasteiger partial charge is 0.412 e. The molecule has 3 aromatic carbocycles. The maximum atomic E-state index is 12.7. The highest BCUT2D eigenvalue weighted by Gasteiger charge is 2.25. The largest absolute Gasteiger partial charge is 0.466 e. The molecule has 1 N–H and O–H groups in total. The van der Waals surface area contributed by atoms with E-state index in [4.69, 9.17) is 9.47 Å². The van der Waals surface area contributed by atoms with Crippen LogP contribution in [0.4, 0.5) is 10.5 Å². The summed E-state index contributed by atoms with van der Waals surface area (Å²) in [6.07, 6.45) is -0.893. The van der Waals surface area contributed by atoms with E-state index in [1.54, 1.807) is 0 Å². The molecule has 1 amide bonds. The Balaban J connectivity index is 1.48. The zero-order valence-electron chi connectivity index (χ0n) is 22.9. The number of anilines is 1. The first-order valence-corrected chi connectivity index (χ1v) is 13.9. The number of nitrogens with zero attached hydrogens (tertiary/aromatic N) is 1. The molecule has 4 aromatic rings. The second-order valence-corrected chi connectivity index (χ2v) is 10.5. The van der Waals surface area contributed by atoms with E-state index in [0.29, 0.717) is 12.3 Å². The van der Waals surface area contributed by atoms with Crippen LogP contribution in [0.1, 0.15) is 56.5 Å². The molecule has 0 aliphatic heterocycles. The SMILES string of the molecule is CCOC(=O)C(c1ccc(-c2ccc(-c3snc(C)c3NC(=O)O[C@H](C)c3ccccc3)cc2)cc1)C(C)C. The number of ether oxygens (including phenoxy) is 2. The number of hydrogen-bond acceptors (Lipinski definition) is 6. The number of carbonyl (C=O) groups is 2. The molecule has 0 bridgehead atoms. The minimum atomic E-state index is -0.518. The van der Waals surface area contributed by atoms with Crippen LogP contribution in [0.25, 0.3) is 21.6 Å². The van der Waals surface area contributed by atoms with Gasteiger partial charge in [0.1, 0.15) is 6.10 Å². The van der Waals surface area contributed by atoms with Gasteiger partial charge in [0.05, 0.1) is 28.8 Å². The average molecular weight is 543 g/mol. The Morgan fingerprint density at radius 2 is 1.44 bits per heavy atom. The van der Waals surface area contributed by atoms with Crippen LogP contribution in [0.3, 0.4) is 0 Å². The molecule has 0 spiro atoms. The number of amides is 1. The maximum absolute atomic E-state index is 12.7. The standard InChI is InChI=1S/C32H34N2O4S/c1-6-37-31(35)28(20(2)3)26-16-12-24(13-17-26)25-14-18-27(19-15-25)30-29(21(4)34-39-30)33-32(36)38-22(5)23-10-8-7-9-11-23/h7-20,22,28H,6H2,1-5H3,(H,33,36)/t22-,28?/m1/s1. The van der Waals surface area contributed by atoms with E-state index >= 15 is 0 Å². The third-order valence-electron chi connectivity index (χ3n) is 6.60. The minimum Gasteiger partial charge on any atom is -0.466 e. The summed E-state index contributed by atoms with van der Waals surface area (Å²) in [5, 5.41) is 2.90. The van der Waals surface area contributed by atoms with Gasteiger partial charge in [0.2, 0.25) is 0 Å². The normalized spacial score (nSPS) is 12.6. The van der Waals surface area contributed by atoms with E-state index in [9.17, 15) is 9.59 Å². The quantitative estimate of drug-likeness (QED) is 0.215. The topological polar surface area (TPSA) is 77.5 Å². The molecule has 6 nitrogen and oxygen atoms in total. The third-order valence-corrected chi connectivity index (χ3v) is 7.59. The van der Waals surface area contributed by atoms with Crippen molar-refractivity contribution in [3.8, 4) is 21.6 Å². The van der Waals surface area contributed by atoms with Crippen molar-refractivity contribution in [3.63, 3.8) is 0 Å². The minimum absolute atomic E-state index is 0.138. The van der Waals surface area contributed by atoms with Gasteiger partial charge >= 0.3 is 12.1 Å². The van der Waals surface area contributed by atoms with Crippen LogP contribution in [0.15, 0.2) is 78.9 Å². The Morgan fingerprint density at radius 1 is 0.846 bits per heavy atom. The summed E-state index contributed by atoms with van der Waals surface area (Å²) in [6, 6.07) is 25.8. The van der Waals surface area contributed by atoms with Crippen LogP contribution < -0.4 is 5.32 Å². The summed E-state index contributed by atoms with van der Waals surface area (Å²) in [4.78, 5) is 26.0. The highest BCUT2D eigenvalue weighted by Crippen LogP contribution is 2.36. The monoisotopic (exact) mass is 542 g/mol. The van der Waals surface area contributed by atoms with Crippen LogP contribution in [0.2, 0.25) is 0 Å². The van der Waals surface area contributed by atoms with Gasteiger partial charge in [0.25, 0.3) is 0 Å². The molecule has 0 radical (unpaired) electrons. The molecular formula is C32H34N2O4S. The molecule has 0 fully saturated rings. The van der Waals surface area contributed by atoms with Crippen molar-refractivity contribution in [2.24, 2.45) is 5.92 Å². The van der Waals surface area contributed by atoms with E-state index in [2.05, 4.69) is 9.69 Å². The molecule has 0 saturated heterocycles. The van der Waals surface area contributed by atoms with Crippen molar-refractivity contribution in [2.75, 3.05) is 11.9 Å². The van der Waals surface area contributed by atoms with Crippen LogP contribution >= 0.6 is 11.5 Å². The highest BCUT2D eigenvalue weighted by atomic mass is 32.1. The molecule has 1 heterocycles. The Bertz CT molecular complexity index is 1400. The lowest BCUT2D eigenvalue weighted by molar-refractivity contribution is -0.146. The average Bonchev–Trinajstić information content (AvgIpc) is 3.29. The van der Waals surface area contributed by atoms with E-state index in [1.807, 2.05) is 113 Å². The van der Waals surface area contributed by atoms with Crippen molar-refractivity contribution in [3.05, 3.63) is 95.7 Å². The Kier molecular flexibility index (Phi) is 9.15. The zero-order chi connectivity index (χ0) is 27.9. The van der Waals surface area contributed by atoms with E-state index in [-0.39, 0.29) is 23.9 Å². The second-order valence-electron chi connectivity index (χ2n) is 9.73. The summed E-state index contributed by atoms with van der Waals surface area (Å²) in [5.74, 6) is -0.338. The first-order chi connectivity index (χ1) is 18.8. The Labute approximate surface area is 234 Å². The van der Waals surface area contributed by atoms with Crippen molar-refractivity contribution in [1.29, 1.82) is 0 Å². The molecule has 0 aliphatic carbocycles. The molecule has 7 heteroatoms. The summed E-state index contributed by atoms with van der Waals surface area (Å²) < 4.78 is 15.4. The van der Waals surface area contributed by atoms with Gasteiger partial charge < -0.3 is 9.47 Å². The maximum Gasteiger partial charge on any atom is 0.412 e. The Hall–Kier alpha value is -3.97. The van der Waals surface area contributed by atoms with Gasteiger partial charge in [-0.1, -0.05) is 92.7 Å². The van der Waals surface area contributed by atoms with Crippen molar-refractivity contribution < 1.29 is 19.1 Å². The summed E-state index contributed by atoms with van der Waals surface area (Å²) in [7, 11) is 0. The molecule has 202 valence electrons. The number of aromatic nitrogens is 1. The number of carbonyl (C=O) groups excluding carboxylic acids is 2. The van der Waals surface area contributed by atoms with Crippen LogP contribution in [-0.4, -0.2) is 23.0 Å². The molecule has 39 heavy (non-hydrogen) atoms. The number of nitrogens with one attached hydrogen (secondary N) is 1. The van der Waals surface area contributed by atoms with Crippen molar-refractivity contribution in [2.45, 2.75) is 46.6 Å². The lowest BCUT2D eigenvalue weighted by Gasteiger charge is -2.19. The van der Waals surface area contributed by atoms with Gasteiger partial charge in [-0.25, -0.2) is 4.79 Å². The predicted octanol–water partition coefficient (Wildman–Crippen LogP) is 8.40. The number of benzene rings is 3. The first-order valence-electron chi connectivity index (χ1n) is 13.1. The van der Waals surface area contributed by atoms with Crippen molar-refractivity contribution in [1.82, 2.24) is 4.37 Å². The number of aryl methyl sites for hydroxylation is 1. The Morgan fingerprint density at radius 3 is 2.03 bits per heavy atom. The number of hydrogen-bond donors (Lipinski definition) is 1. The van der Waals surface area contributed by atoms with Gasteiger partial charge in [-0.3, -0.25) is 10.1 Å². The summed E-state index contributed by atoms with van der Waals surface area (Å²) in [6.45, 7) is 9.97. The molecule has 2 atom stereocenters. The van der Waals surface area contributed by atoms with Gasteiger partial charge in [0.15, 0.2) is 0 Å². The molecule has 0 saturated carbocycles. The molecular weight excluding hydrogens is 508 g/mol. The van der Waals surface area contributed by atoms with E-state index < -0.39 is 6.09 Å². The molecule has 0 aliphatic rings. The number of esters is 1. The fourth-order valence-corrected chi connectivity index (χ4v) is 5.37. The lowest BCUT2D eigenvalue weighted by atomic mass is 9.87. The van der Waals surface area contributed by atoms with E-state index in [1.165, 1.54) is 11.5 Å². The van der Waals surface area contributed by atoms with Gasteiger partial charge in [-0.15, -0.1) is 0 Å². The number of rotatable bonds is 9. The van der Waals surface area contributed by atoms with Gasteiger partial charge in [0, 0.05) is 0 Å². The fourth-order valence-electron chi connectivity index (χ4n) is 4.52. The van der Waals surface area contributed by atoms with Crippen LogP contribution in [0.5, 0.6) is 0 Å². The molecule has 4 rings (SSSR count). The lowest BCUT2D eigenvalue weighted by Crippen LogP contribution is -2.20.